The Morgan fingerprint density at radius 2 is 1.81 bits per heavy atom. The lowest BCUT2D eigenvalue weighted by molar-refractivity contribution is 0.599. The van der Waals surface area contributed by atoms with Crippen molar-refractivity contribution in [2.24, 2.45) is 0 Å². The summed E-state index contributed by atoms with van der Waals surface area (Å²) in [6, 6.07) is 5.87. The molecule has 2 rings (SSSR count). The van der Waals surface area contributed by atoms with Crippen LogP contribution >= 0.6 is 15.9 Å². The van der Waals surface area contributed by atoms with E-state index in [0.29, 0.717) is 5.56 Å². The third-order valence-corrected chi connectivity index (χ3v) is 4.81. The number of benzene rings is 2. The normalized spacial score (nSPS) is 11.4. The first-order chi connectivity index (χ1) is 9.70. The number of hydrogen-bond acceptors (Lipinski definition) is 3. The van der Waals surface area contributed by atoms with Crippen molar-refractivity contribution in [1.29, 1.82) is 0 Å². The van der Waals surface area contributed by atoms with Gasteiger partial charge in [-0.15, -0.1) is 0 Å². The highest BCUT2D eigenvalue weighted by atomic mass is 79.9. The molecule has 0 aliphatic carbocycles. The van der Waals surface area contributed by atoms with Gasteiger partial charge in [-0.2, -0.15) is 0 Å². The Morgan fingerprint density at radius 1 is 1.14 bits per heavy atom. The second kappa shape index (κ2) is 5.61. The van der Waals surface area contributed by atoms with Crippen molar-refractivity contribution >= 4 is 37.3 Å². The first kappa shape index (κ1) is 15.7. The summed E-state index contributed by atoms with van der Waals surface area (Å²) in [6.07, 6.45) is 0. The SMILES string of the molecule is Cc1ccc(NS(=O)(=O)c2cc(Br)c(F)cc2N)cc1F. The third-order valence-electron chi connectivity index (χ3n) is 2.77. The minimum Gasteiger partial charge on any atom is -0.398 e. The third kappa shape index (κ3) is 3.33. The number of nitrogens with two attached hydrogens (primary N) is 1. The monoisotopic (exact) mass is 376 g/mol. The van der Waals surface area contributed by atoms with Crippen molar-refractivity contribution < 1.29 is 17.2 Å². The highest BCUT2D eigenvalue weighted by Gasteiger charge is 2.20. The van der Waals surface area contributed by atoms with Crippen LogP contribution in [0.2, 0.25) is 0 Å². The summed E-state index contributed by atoms with van der Waals surface area (Å²) < 4.78 is 53.3. The van der Waals surface area contributed by atoms with Gasteiger partial charge >= 0.3 is 0 Å². The fraction of sp³-hybridized carbons (Fsp3) is 0.0769. The van der Waals surface area contributed by atoms with Gasteiger partial charge in [-0.3, -0.25) is 4.72 Å². The maximum absolute atomic E-state index is 13.4. The van der Waals surface area contributed by atoms with Gasteiger partial charge in [-0.1, -0.05) is 6.07 Å². The minimum absolute atomic E-state index is 0.0350. The van der Waals surface area contributed by atoms with E-state index in [1.807, 2.05) is 0 Å². The van der Waals surface area contributed by atoms with Gasteiger partial charge in [-0.05, 0) is 52.7 Å². The summed E-state index contributed by atoms with van der Waals surface area (Å²) in [5, 5.41) is 0. The molecule has 0 heterocycles. The van der Waals surface area contributed by atoms with Gasteiger partial charge in [0.1, 0.15) is 16.5 Å². The molecule has 0 aliphatic heterocycles. The summed E-state index contributed by atoms with van der Waals surface area (Å²) >= 11 is 2.90. The van der Waals surface area contributed by atoms with Crippen molar-refractivity contribution in [3.63, 3.8) is 0 Å². The summed E-state index contributed by atoms with van der Waals surface area (Å²) in [7, 11) is -4.05. The molecule has 2 aromatic rings. The van der Waals surface area contributed by atoms with Gasteiger partial charge < -0.3 is 5.73 Å². The summed E-state index contributed by atoms with van der Waals surface area (Å²) in [6.45, 7) is 1.56. The number of rotatable bonds is 3. The van der Waals surface area contributed by atoms with Gasteiger partial charge in [0.15, 0.2) is 0 Å². The molecule has 0 aromatic heterocycles. The van der Waals surface area contributed by atoms with Crippen LogP contribution in [0.25, 0.3) is 0 Å². The number of nitrogen functional groups attached to an aromatic ring is 1. The van der Waals surface area contributed by atoms with Crippen molar-refractivity contribution in [3.05, 3.63) is 52.0 Å². The van der Waals surface area contributed by atoms with Crippen molar-refractivity contribution in [3.8, 4) is 0 Å². The first-order valence-electron chi connectivity index (χ1n) is 5.74. The summed E-state index contributed by atoms with van der Waals surface area (Å²) in [4.78, 5) is -0.295. The van der Waals surface area contributed by atoms with E-state index < -0.39 is 21.7 Å². The first-order valence-corrected chi connectivity index (χ1v) is 8.02. The lowest BCUT2D eigenvalue weighted by atomic mass is 10.2. The molecule has 8 heteroatoms. The lowest BCUT2D eigenvalue weighted by Gasteiger charge is -2.11. The van der Waals surface area contributed by atoms with Crippen molar-refractivity contribution in [2.45, 2.75) is 11.8 Å². The molecule has 0 saturated heterocycles. The molecule has 3 N–H and O–H groups in total. The fourth-order valence-electron chi connectivity index (χ4n) is 1.64. The molecule has 0 unspecified atom stereocenters. The van der Waals surface area contributed by atoms with Crippen LogP contribution in [0.4, 0.5) is 20.2 Å². The highest BCUT2D eigenvalue weighted by Crippen LogP contribution is 2.28. The molecule has 0 saturated carbocycles. The number of hydrogen-bond donors (Lipinski definition) is 2. The predicted octanol–water partition coefficient (Wildman–Crippen LogP) is 3.42. The average Bonchev–Trinajstić information content (AvgIpc) is 2.37. The van der Waals surface area contributed by atoms with Crippen LogP contribution in [0.5, 0.6) is 0 Å². The Labute approximate surface area is 129 Å². The molecule has 2 aromatic carbocycles. The molecular weight excluding hydrogens is 366 g/mol. The molecule has 0 amide bonds. The van der Waals surface area contributed by atoms with Crippen LogP contribution in [0.1, 0.15) is 5.56 Å². The quantitative estimate of drug-likeness (QED) is 0.806. The largest absolute Gasteiger partial charge is 0.398 e. The number of anilines is 2. The van der Waals surface area contributed by atoms with Crippen LogP contribution in [-0.2, 0) is 10.0 Å². The molecule has 21 heavy (non-hydrogen) atoms. The molecule has 0 atom stereocenters. The Bertz CT molecular complexity index is 810. The predicted molar refractivity (Wildman–Crippen MR) is 80.5 cm³/mol. The molecule has 112 valence electrons. The molecule has 0 radical (unpaired) electrons. The number of halogens is 3. The molecule has 0 bridgehead atoms. The van der Waals surface area contributed by atoms with E-state index in [-0.39, 0.29) is 20.7 Å². The topological polar surface area (TPSA) is 72.2 Å². The Kier molecular flexibility index (Phi) is 4.20. The van der Waals surface area contributed by atoms with Crippen LogP contribution < -0.4 is 10.5 Å². The van der Waals surface area contributed by atoms with Gasteiger partial charge in [-0.25, -0.2) is 17.2 Å². The number of aryl methyl sites for hydroxylation is 1. The van der Waals surface area contributed by atoms with E-state index in [1.54, 1.807) is 6.92 Å². The maximum Gasteiger partial charge on any atom is 0.263 e. The molecule has 0 spiro atoms. The molecule has 0 aliphatic rings. The van der Waals surface area contributed by atoms with Crippen LogP contribution in [-0.4, -0.2) is 8.42 Å². The standard InChI is InChI=1S/C13H11BrF2N2O2S/c1-7-2-3-8(4-10(7)15)18-21(19,20)13-5-9(14)11(16)6-12(13)17/h2-6,18H,17H2,1H3. The Hall–Kier alpha value is -1.67. The average molecular weight is 377 g/mol. The van der Waals surface area contributed by atoms with Crippen LogP contribution in [0.3, 0.4) is 0 Å². The zero-order chi connectivity index (χ0) is 15.8. The van der Waals surface area contributed by atoms with Crippen LogP contribution in [0.15, 0.2) is 39.7 Å². The lowest BCUT2D eigenvalue weighted by Crippen LogP contribution is -2.15. The smallest absolute Gasteiger partial charge is 0.263 e. The van der Waals surface area contributed by atoms with Gasteiger partial charge in [0.05, 0.1) is 15.8 Å². The van der Waals surface area contributed by atoms with Gasteiger partial charge in [0, 0.05) is 0 Å². The second-order valence-corrected chi connectivity index (χ2v) is 6.88. The second-order valence-electron chi connectivity index (χ2n) is 4.37. The molecule has 0 fully saturated rings. The zero-order valence-corrected chi connectivity index (χ0v) is 13.2. The van der Waals surface area contributed by atoms with Gasteiger partial charge in [0.2, 0.25) is 0 Å². The Morgan fingerprint density at radius 3 is 2.43 bits per heavy atom. The van der Waals surface area contributed by atoms with Crippen molar-refractivity contribution in [1.82, 2.24) is 0 Å². The molecule has 4 nitrogen and oxygen atoms in total. The highest BCUT2D eigenvalue weighted by molar-refractivity contribution is 9.10. The van der Waals surface area contributed by atoms with E-state index >= 15 is 0 Å². The van der Waals surface area contributed by atoms with E-state index in [2.05, 4.69) is 20.7 Å². The van der Waals surface area contributed by atoms with E-state index in [1.165, 1.54) is 12.1 Å². The molecular formula is C13H11BrF2N2O2S. The van der Waals surface area contributed by atoms with Gasteiger partial charge in [0.25, 0.3) is 10.0 Å². The van der Waals surface area contributed by atoms with E-state index in [4.69, 9.17) is 5.73 Å². The maximum atomic E-state index is 13.4. The summed E-state index contributed by atoms with van der Waals surface area (Å²) in [5.74, 6) is -1.21. The zero-order valence-electron chi connectivity index (χ0n) is 10.8. The van der Waals surface area contributed by atoms with E-state index in [9.17, 15) is 17.2 Å². The Balaban J connectivity index is 2.43. The summed E-state index contributed by atoms with van der Waals surface area (Å²) in [5.41, 5.74) is 5.73. The minimum atomic E-state index is -4.05. The number of sulfonamides is 1. The van der Waals surface area contributed by atoms with Crippen molar-refractivity contribution in [2.75, 3.05) is 10.5 Å². The van der Waals surface area contributed by atoms with Crippen LogP contribution in [0, 0.1) is 18.6 Å². The number of nitrogens with one attached hydrogen (secondary N) is 1. The van der Waals surface area contributed by atoms with E-state index in [0.717, 1.165) is 18.2 Å². The fourth-order valence-corrected chi connectivity index (χ4v) is 3.33.